The molecule has 0 aliphatic rings. The molecule has 0 fully saturated rings. The third kappa shape index (κ3) is 9.13. The molecule has 11 heteroatoms. The first kappa shape index (κ1) is 26.6. The van der Waals surface area contributed by atoms with Gasteiger partial charge in [-0.25, -0.2) is 4.79 Å². The van der Waals surface area contributed by atoms with Gasteiger partial charge in [-0.15, -0.1) is 0 Å². The molecule has 0 spiro atoms. The Hall–Kier alpha value is -3.47. The third-order valence-corrected chi connectivity index (χ3v) is 4.63. The van der Waals surface area contributed by atoms with Crippen LogP contribution in [0.4, 0.5) is 0 Å². The van der Waals surface area contributed by atoms with Crippen LogP contribution in [0, 0.1) is 5.92 Å². The summed E-state index contributed by atoms with van der Waals surface area (Å²) < 4.78 is 0. The number of nitrogens with two attached hydrogens (primary N) is 1. The zero-order valence-electron chi connectivity index (χ0n) is 18.0. The molecule has 1 aromatic rings. The van der Waals surface area contributed by atoms with Crippen LogP contribution in [0.2, 0.25) is 0 Å². The number of nitrogens with one attached hydrogen (secondary N) is 3. The van der Waals surface area contributed by atoms with E-state index < -0.39 is 66.7 Å². The van der Waals surface area contributed by atoms with Crippen LogP contribution < -0.4 is 21.7 Å². The number of hydrogen-bond donors (Lipinski definition) is 6. The summed E-state index contributed by atoms with van der Waals surface area (Å²) in [5.74, 6) is -4.94. The second-order valence-electron chi connectivity index (χ2n) is 7.58. The molecule has 0 saturated carbocycles. The molecule has 176 valence electrons. The van der Waals surface area contributed by atoms with E-state index in [1.54, 1.807) is 44.2 Å². The third-order valence-electron chi connectivity index (χ3n) is 4.63. The van der Waals surface area contributed by atoms with Gasteiger partial charge in [0.05, 0.1) is 6.54 Å². The fourth-order valence-corrected chi connectivity index (χ4v) is 2.89. The van der Waals surface area contributed by atoms with Crippen molar-refractivity contribution in [1.82, 2.24) is 16.0 Å². The highest BCUT2D eigenvalue weighted by atomic mass is 16.4. The van der Waals surface area contributed by atoms with Crippen molar-refractivity contribution < 1.29 is 34.2 Å². The lowest BCUT2D eigenvalue weighted by atomic mass is 10.0. The van der Waals surface area contributed by atoms with Gasteiger partial charge < -0.3 is 31.9 Å². The van der Waals surface area contributed by atoms with Crippen molar-refractivity contribution in [2.45, 2.75) is 51.2 Å². The molecule has 0 radical (unpaired) electrons. The van der Waals surface area contributed by atoms with E-state index in [2.05, 4.69) is 16.0 Å². The van der Waals surface area contributed by atoms with Crippen molar-refractivity contribution in [3.8, 4) is 0 Å². The average molecular weight is 450 g/mol. The van der Waals surface area contributed by atoms with E-state index in [1.165, 1.54) is 0 Å². The maximum Gasteiger partial charge on any atom is 0.326 e. The van der Waals surface area contributed by atoms with Gasteiger partial charge in [-0.1, -0.05) is 44.2 Å². The summed E-state index contributed by atoms with van der Waals surface area (Å²) in [5.41, 5.74) is 5.97. The maximum atomic E-state index is 12.9. The smallest absolute Gasteiger partial charge is 0.326 e. The molecule has 11 nitrogen and oxygen atoms in total. The first-order valence-corrected chi connectivity index (χ1v) is 10.1. The second kappa shape index (κ2) is 13.1. The normalized spacial score (nSPS) is 13.5. The van der Waals surface area contributed by atoms with Gasteiger partial charge in [0.25, 0.3) is 0 Å². The Morgan fingerprint density at radius 3 is 2.00 bits per heavy atom. The van der Waals surface area contributed by atoms with E-state index in [4.69, 9.17) is 10.8 Å². The molecule has 0 bridgehead atoms. The van der Waals surface area contributed by atoms with E-state index >= 15 is 0 Å². The number of amides is 3. The molecular formula is C21H30N4O7. The summed E-state index contributed by atoms with van der Waals surface area (Å²) in [5, 5.41) is 25.6. The molecule has 7 N–H and O–H groups in total. The number of carboxylic acids is 2. The lowest BCUT2D eigenvalue weighted by molar-refractivity contribution is -0.143. The molecule has 1 rings (SSSR count). The van der Waals surface area contributed by atoms with E-state index in [-0.39, 0.29) is 12.8 Å². The molecule has 32 heavy (non-hydrogen) atoms. The SMILES string of the molecule is CC(C)C(NC(=O)C(Cc1ccccc1)NC(=O)C(CCC(=O)O)NC(=O)CN)C(=O)O. The number of aliphatic carboxylic acids is 2. The molecule has 1 aromatic carbocycles. The first-order valence-electron chi connectivity index (χ1n) is 10.1. The molecule has 0 heterocycles. The number of carbonyl (C=O) groups excluding carboxylic acids is 3. The van der Waals surface area contributed by atoms with Crippen LogP contribution in [0.25, 0.3) is 0 Å². The van der Waals surface area contributed by atoms with Gasteiger partial charge >= 0.3 is 11.9 Å². The van der Waals surface area contributed by atoms with Crippen LogP contribution in [0.1, 0.15) is 32.3 Å². The highest BCUT2D eigenvalue weighted by Gasteiger charge is 2.31. The first-order chi connectivity index (χ1) is 15.0. The Morgan fingerprint density at radius 2 is 1.50 bits per heavy atom. The van der Waals surface area contributed by atoms with Crippen LogP contribution in [0.3, 0.4) is 0 Å². The number of carbonyl (C=O) groups is 5. The van der Waals surface area contributed by atoms with Crippen LogP contribution in [0.15, 0.2) is 30.3 Å². The molecular weight excluding hydrogens is 420 g/mol. The van der Waals surface area contributed by atoms with E-state index in [0.717, 1.165) is 0 Å². The minimum absolute atomic E-state index is 0.0549. The van der Waals surface area contributed by atoms with Crippen LogP contribution in [0.5, 0.6) is 0 Å². The van der Waals surface area contributed by atoms with Crippen molar-refractivity contribution in [3.63, 3.8) is 0 Å². The highest BCUT2D eigenvalue weighted by molar-refractivity contribution is 5.94. The highest BCUT2D eigenvalue weighted by Crippen LogP contribution is 2.08. The van der Waals surface area contributed by atoms with Gasteiger partial charge in [0.1, 0.15) is 18.1 Å². The minimum Gasteiger partial charge on any atom is -0.481 e. The van der Waals surface area contributed by atoms with Crippen LogP contribution in [-0.2, 0) is 30.4 Å². The second-order valence-corrected chi connectivity index (χ2v) is 7.58. The number of rotatable bonds is 13. The molecule has 3 atom stereocenters. The summed E-state index contributed by atoms with van der Waals surface area (Å²) in [7, 11) is 0. The summed E-state index contributed by atoms with van der Waals surface area (Å²) in [6.07, 6.45) is -0.553. The van der Waals surface area contributed by atoms with Crippen LogP contribution in [-0.4, -0.2) is 64.5 Å². The van der Waals surface area contributed by atoms with Crippen LogP contribution >= 0.6 is 0 Å². The zero-order valence-corrected chi connectivity index (χ0v) is 18.0. The maximum absolute atomic E-state index is 12.9. The van der Waals surface area contributed by atoms with Gasteiger partial charge in [-0.2, -0.15) is 0 Å². The average Bonchev–Trinajstić information content (AvgIpc) is 2.73. The Labute approximate surface area is 185 Å². The molecule has 0 aliphatic carbocycles. The van der Waals surface area contributed by atoms with Crippen molar-refractivity contribution in [2.24, 2.45) is 11.7 Å². The lowest BCUT2D eigenvalue weighted by Crippen LogP contribution is -2.57. The van der Waals surface area contributed by atoms with E-state index in [0.29, 0.717) is 5.56 Å². The standard InChI is InChI=1S/C21H30N4O7/c1-12(2)18(21(31)32)25-20(30)15(10-13-6-4-3-5-7-13)24-19(29)14(8-9-17(27)28)23-16(26)11-22/h3-7,12,14-15,18H,8-11,22H2,1-2H3,(H,23,26)(H,24,29)(H,25,30)(H,27,28)(H,31,32). The fraction of sp³-hybridized carbons (Fsp3) is 0.476. The molecule has 0 aromatic heterocycles. The summed E-state index contributed by atoms with van der Waals surface area (Å²) >= 11 is 0. The largest absolute Gasteiger partial charge is 0.481 e. The minimum atomic E-state index is -1.23. The Kier molecular flexibility index (Phi) is 10.8. The van der Waals surface area contributed by atoms with Crippen molar-refractivity contribution >= 4 is 29.7 Å². The summed E-state index contributed by atoms with van der Waals surface area (Å²) in [4.78, 5) is 59.7. The van der Waals surface area contributed by atoms with Crippen molar-refractivity contribution in [1.29, 1.82) is 0 Å². The fourth-order valence-electron chi connectivity index (χ4n) is 2.89. The monoisotopic (exact) mass is 450 g/mol. The summed E-state index contributed by atoms with van der Waals surface area (Å²) in [6, 6.07) is 5.19. The molecule has 3 unspecified atom stereocenters. The van der Waals surface area contributed by atoms with Gasteiger partial charge in [0, 0.05) is 12.8 Å². The predicted octanol–water partition coefficient (Wildman–Crippen LogP) is -0.752. The van der Waals surface area contributed by atoms with Gasteiger partial charge in [0.15, 0.2) is 0 Å². The number of benzene rings is 1. The molecule has 3 amide bonds. The van der Waals surface area contributed by atoms with Gasteiger partial charge in [-0.3, -0.25) is 19.2 Å². The summed E-state index contributed by atoms with van der Waals surface area (Å²) in [6.45, 7) is 2.86. The van der Waals surface area contributed by atoms with Gasteiger partial charge in [0.2, 0.25) is 17.7 Å². The lowest BCUT2D eigenvalue weighted by Gasteiger charge is -2.25. The number of carboxylic acid groups (broad SMARTS) is 2. The van der Waals surface area contributed by atoms with E-state index in [1.807, 2.05) is 0 Å². The molecule has 0 saturated heterocycles. The predicted molar refractivity (Wildman–Crippen MR) is 114 cm³/mol. The Balaban J connectivity index is 3.08. The zero-order chi connectivity index (χ0) is 24.3. The van der Waals surface area contributed by atoms with Crippen molar-refractivity contribution in [2.75, 3.05) is 6.54 Å². The van der Waals surface area contributed by atoms with E-state index in [9.17, 15) is 29.1 Å². The topological polar surface area (TPSA) is 188 Å². The quantitative estimate of drug-likeness (QED) is 0.226. The van der Waals surface area contributed by atoms with Gasteiger partial charge in [-0.05, 0) is 17.9 Å². The molecule has 0 aliphatic heterocycles. The Bertz CT molecular complexity index is 814. The number of hydrogen-bond acceptors (Lipinski definition) is 6. The Morgan fingerprint density at radius 1 is 0.906 bits per heavy atom. The van der Waals surface area contributed by atoms with Crippen molar-refractivity contribution in [3.05, 3.63) is 35.9 Å².